The van der Waals surface area contributed by atoms with Crippen LogP contribution in [0.4, 0.5) is 0 Å². The van der Waals surface area contributed by atoms with Crippen LogP contribution in [0.25, 0.3) is 0 Å². The van der Waals surface area contributed by atoms with Gasteiger partial charge in [-0.15, -0.1) is 0 Å². The topological polar surface area (TPSA) is 24.5 Å². The molecule has 0 aromatic rings. The lowest BCUT2D eigenvalue weighted by Crippen LogP contribution is -2.40. The van der Waals surface area contributed by atoms with Crippen LogP contribution in [-0.4, -0.2) is 50.3 Å². The number of ether oxygens (including phenoxy) is 1. The zero-order valence-electron chi connectivity index (χ0n) is 12.7. The van der Waals surface area contributed by atoms with Gasteiger partial charge in [0.1, 0.15) is 0 Å². The van der Waals surface area contributed by atoms with Crippen LogP contribution in [0.2, 0.25) is 0 Å². The summed E-state index contributed by atoms with van der Waals surface area (Å²) in [4.78, 5) is 2.55. The third-order valence-electron chi connectivity index (χ3n) is 3.52. The highest BCUT2D eigenvalue weighted by Crippen LogP contribution is 2.16. The van der Waals surface area contributed by atoms with E-state index in [9.17, 15) is 0 Å². The van der Waals surface area contributed by atoms with Crippen molar-refractivity contribution in [2.24, 2.45) is 11.8 Å². The summed E-state index contributed by atoms with van der Waals surface area (Å²) in [5.74, 6) is 1.53. The smallest absolute Gasteiger partial charge is 0.0593 e. The van der Waals surface area contributed by atoms with Crippen LogP contribution in [0.15, 0.2) is 0 Å². The Kier molecular flexibility index (Phi) is 7.87. The van der Waals surface area contributed by atoms with Gasteiger partial charge in [-0.05, 0) is 44.3 Å². The summed E-state index contributed by atoms with van der Waals surface area (Å²) in [6.07, 6.45) is 2.67. The first-order valence-electron chi connectivity index (χ1n) is 7.61. The van der Waals surface area contributed by atoms with E-state index in [2.05, 4.69) is 37.9 Å². The van der Waals surface area contributed by atoms with E-state index < -0.39 is 0 Å². The van der Waals surface area contributed by atoms with Crippen molar-refractivity contribution in [1.82, 2.24) is 10.2 Å². The Bertz CT molecular complexity index is 199. The molecule has 18 heavy (non-hydrogen) atoms. The molecule has 0 spiro atoms. The van der Waals surface area contributed by atoms with Crippen molar-refractivity contribution in [3.63, 3.8) is 0 Å². The van der Waals surface area contributed by atoms with Gasteiger partial charge in [0.2, 0.25) is 0 Å². The average molecular weight is 256 g/mol. The number of hydrogen-bond donors (Lipinski definition) is 1. The van der Waals surface area contributed by atoms with E-state index in [1.807, 2.05) is 0 Å². The van der Waals surface area contributed by atoms with E-state index >= 15 is 0 Å². The van der Waals surface area contributed by atoms with Gasteiger partial charge < -0.3 is 15.0 Å². The molecular formula is C15H32N2O. The summed E-state index contributed by atoms with van der Waals surface area (Å²) in [5.41, 5.74) is 0. The third-order valence-corrected chi connectivity index (χ3v) is 3.52. The number of nitrogens with zero attached hydrogens (tertiary/aromatic N) is 1. The van der Waals surface area contributed by atoms with Crippen molar-refractivity contribution in [1.29, 1.82) is 0 Å². The SMILES string of the molecule is CC(C)COCCN1CCC(CNC(C)C)CC1. The molecule has 1 fully saturated rings. The molecule has 0 radical (unpaired) electrons. The Morgan fingerprint density at radius 1 is 1.17 bits per heavy atom. The number of nitrogens with one attached hydrogen (secondary N) is 1. The minimum Gasteiger partial charge on any atom is -0.380 e. The van der Waals surface area contributed by atoms with E-state index in [-0.39, 0.29) is 0 Å². The first-order valence-corrected chi connectivity index (χ1v) is 7.61. The predicted molar refractivity (Wildman–Crippen MR) is 78.0 cm³/mol. The zero-order chi connectivity index (χ0) is 13.4. The number of piperidine rings is 1. The molecule has 1 saturated heterocycles. The highest BCUT2D eigenvalue weighted by Gasteiger charge is 2.18. The van der Waals surface area contributed by atoms with Crippen LogP contribution in [-0.2, 0) is 4.74 Å². The first-order chi connectivity index (χ1) is 8.58. The van der Waals surface area contributed by atoms with Gasteiger partial charge in [0, 0.05) is 19.2 Å². The quantitative estimate of drug-likeness (QED) is 0.675. The predicted octanol–water partition coefficient (Wildman–Crippen LogP) is 2.37. The Hall–Kier alpha value is -0.120. The summed E-state index contributed by atoms with van der Waals surface area (Å²) in [5, 5.41) is 3.55. The van der Waals surface area contributed by atoms with Crippen LogP contribution >= 0.6 is 0 Å². The van der Waals surface area contributed by atoms with Gasteiger partial charge in [-0.3, -0.25) is 0 Å². The number of rotatable bonds is 8. The van der Waals surface area contributed by atoms with Crippen LogP contribution < -0.4 is 5.32 Å². The van der Waals surface area contributed by atoms with Crippen LogP contribution in [0, 0.1) is 11.8 Å². The summed E-state index contributed by atoms with van der Waals surface area (Å²) in [6, 6.07) is 0.618. The zero-order valence-corrected chi connectivity index (χ0v) is 12.7. The largest absolute Gasteiger partial charge is 0.380 e. The fourth-order valence-electron chi connectivity index (χ4n) is 2.33. The van der Waals surface area contributed by atoms with E-state index in [0.29, 0.717) is 12.0 Å². The maximum Gasteiger partial charge on any atom is 0.0593 e. The molecule has 1 aliphatic rings. The summed E-state index contributed by atoms with van der Waals surface area (Å²) < 4.78 is 5.65. The second kappa shape index (κ2) is 8.89. The molecular weight excluding hydrogens is 224 g/mol. The molecule has 0 unspecified atom stereocenters. The molecule has 3 heteroatoms. The van der Waals surface area contributed by atoms with E-state index in [1.54, 1.807) is 0 Å². The maximum absolute atomic E-state index is 5.65. The minimum atomic E-state index is 0.618. The summed E-state index contributed by atoms with van der Waals surface area (Å²) >= 11 is 0. The molecule has 1 N–H and O–H groups in total. The number of hydrogen-bond acceptors (Lipinski definition) is 3. The monoisotopic (exact) mass is 256 g/mol. The average Bonchev–Trinajstić information content (AvgIpc) is 2.33. The molecule has 1 aliphatic heterocycles. The highest BCUT2D eigenvalue weighted by atomic mass is 16.5. The molecule has 108 valence electrons. The lowest BCUT2D eigenvalue weighted by Gasteiger charge is -2.32. The summed E-state index contributed by atoms with van der Waals surface area (Å²) in [6.45, 7) is 15.4. The second-order valence-corrected chi connectivity index (χ2v) is 6.32. The first kappa shape index (κ1) is 15.9. The molecule has 0 aliphatic carbocycles. The maximum atomic E-state index is 5.65. The van der Waals surface area contributed by atoms with E-state index in [4.69, 9.17) is 4.74 Å². The van der Waals surface area contributed by atoms with Gasteiger partial charge in [0.25, 0.3) is 0 Å². The van der Waals surface area contributed by atoms with Gasteiger partial charge in [-0.25, -0.2) is 0 Å². The molecule has 1 rings (SSSR count). The van der Waals surface area contributed by atoms with Gasteiger partial charge in [0.05, 0.1) is 6.61 Å². The molecule has 0 aromatic heterocycles. The van der Waals surface area contributed by atoms with Crippen LogP contribution in [0.5, 0.6) is 0 Å². The molecule has 3 nitrogen and oxygen atoms in total. The van der Waals surface area contributed by atoms with Crippen molar-refractivity contribution >= 4 is 0 Å². The summed E-state index contributed by atoms with van der Waals surface area (Å²) in [7, 11) is 0. The molecule has 0 atom stereocenters. The van der Waals surface area contributed by atoms with Crippen molar-refractivity contribution in [2.75, 3.05) is 39.4 Å². The van der Waals surface area contributed by atoms with Gasteiger partial charge in [-0.1, -0.05) is 27.7 Å². The highest BCUT2D eigenvalue weighted by molar-refractivity contribution is 4.74. The lowest BCUT2D eigenvalue weighted by atomic mass is 9.96. The Morgan fingerprint density at radius 2 is 1.83 bits per heavy atom. The standard InChI is InChI=1S/C15H32N2O/c1-13(2)12-18-10-9-17-7-5-15(6-8-17)11-16-14(3)4/h13-16H,5-12H2,1-4H3. The van der Waals surface area contributed by atoms with E-state index in [1.165, 1.54) is 32.5 Å². The van der Waals surface area contributed by atoms with Crippen LogP contribution in [0.1, 0.15) is 40.5 Å². The fourth-order valence-corrected chi connectivity index (χ4v) is 2.33. The van der Waals surface area contributed by atoms with Crippen molar-refractivity contribution in [3.8, 4) is 0 Å². The molecule has 1 heterocycles. The van der Waals surface area contributed by atoms with Gasteiger partial charge in [-0.2, -0.15) is 0 Å². The minimum absolute atomic E-state index is 0.618. The molecule has 0 saturated carbocycles. The Morgan fingerprint density at radius 3 is 2.39 bits per heavy atom. The Balaban J connectivity index is 2.01. The van der Waals surface area contributed by atoms with Crippen molar-refractivity contribution in [3.05, 3.63) is 0 Å². The molecule has 0 aromatic carbocycles. The molecule has 0 bridgehead atoms. The van der Waals surface area contributed by atoms with Crippen LogP contribution in [0.3, 0.4) is 0 Å². The van der Waals surface area contributed by atoms with Crippen molar-refractivity contribution in [2.45, 2.75) is 46.6 Å². The van der Waals surface area contributed by atoms with Gasteiger partial charge in [0.15, 0.2) is 0 Å². The van der Waals surface area contributed by atoms with E-state index in [0.717, 1.165) is 25.7 Å². The normalized spacial score (nSPS) is 19.0. The van der Waals surface area contributed by atoms with Crippen molar-refractivity contribution < 1.29 is 4.74 Å². The fraction of sp³-hybridized carbons (Fsp3) is 1.00. The third kappa shape index (κ3) is 7.34. The number of likely N-dealkylation sites (tertiary alicyclic amines) is 1. The Labute approximate surface area is 113 Å². The molecule has 0 amide bonds. The second-order valence-electron chi connectivity index (χ2n) is 6.32. The lowest BCUT2D eigenvalue weighted by molar-refractivity contribution is 0.0737. The van der Waals surface area contributed by atoms with Gasteiger partial charge >= 0.3 is 0 Å².